The topological polar surface area (TPSA) is 59.4 Å². The van der Waals surface area contributed by atoms with E-state index in [-0.39, 0.29) is 0 Å². The van der Waals surface area contributed by atoms with Gasteiger partial charge in [-0.15, -0.1) is 24.8 Å². The van der Waals surface area contributed by atoms with Gasteiger partial charge in [-0.1, -0.05) is 0 Å². The van der Waals surface area contributed by atoms with Crippen LogP contribution in [0.4, 0.5) is 17.6 Å². The van der Waals surface area contributed by atoms with Gasteiger partial charge in [-0.25, -0.2) is 4.98 Å². The number of alkyl halides is 4. The number of carboxylic acids is 1. The van der Waals surface area contributed by atoms with Crippen molar-refractivity contribution < 1.29 is 32.2 Å². The average molecular weight is 288 g/mol. The molecule has 0 aromatic carbocycles. The van der Waals surface area contributed by atoms with Crippen LogP contribution in [0.2, 0.25) is 0 Å². The van der Waals surface area contributed by atoms with Crippen LogP contribution in [0.5, 0.6) is 5.75 Å². The SMILES string of the molecule is O=C(O)Cc1cc(OC(F)(F)F)c(CCl)nc1F. The van der Waals surface area contributed by atoms with E-state index >= 15 is 0 Å². The van der Waals surface area contributed by atoms with Gasteiger partial charge < -0.3 is 9.84 Å². The van der Waals surface area contributed by atoms with Crippen LogP contribution < -0.4 is 4.74 Å². The van der Waals surface area contributed by atoms with Gasteiger partial charge in [0.05, 0.1) is 12.3 Å². The number of aromatic nitrogens is 1. The van der Waals surface area contributed by atoms with E-state index in [1.54, 1.807) is 0 Å². The molecule has 0 radical (unpaired) electrons. The summed E-state index contributed by atoms with van der Waals surface area (Å²) in [5.41, 5.74) is -0.976. The Balaban J connectivity index is 3.17. The number of carboxylic acid groups (broad SMARTS) is 1. The molecular weight excluding hydrogens is 282 g/mol. The zero-order chi connectivity index (χ0) is 13.9. The summed E-state index contributed by atoms with van der Waals surface area (Å²) in [6.45, 7) is 0. The molecular formula is C9H6ClF4NO3. The lowest BCUT2D eigenvalue weighted by Crippen LogP contribution is -2.19. The molecule has 0 atom stereocenters. The summed E-state index contributed by atoms with van der Waals surface area (Å²) in [7, 11) is 0. The van der Waals surface area contributed by atoms with Gasteiger partial charge in [0, 0.05) is 5.56 Å². The highest BCUT2D eigenvalue weighted by atomic mass is 35.5. The van der Waals surface area contributed by atoms with E-state index in [0.29, 0.717) is 6.07 Å². The molecule has 9 heteroatoms. The van der Waals surface area contributed by atoms with E-state index in [9.17, 15) is 22.4 Å². The van der Waals surface area contributed by atoms with Gasteiger partial charge in [0.25, 0.3) is 0 Å². The number of hydrogen-bond acceptors (Lipinski definition) is 3. The fraction of sp³-hybridized carbons (Fsp3) is 0.333. The van der Waals surface area contributed by atoms with E-state index < -0.39 is 47.6 Å². The Bertz CT molecular complexity index is 464. The molecule has 0 saturated carbocycles. The first-order valence-electron chi connectivity index (χ1n) is 4.44. The molecule has 0 aliphatic rings. The lowest BCUT2D eigenvalue weighted by Gasteiger charge is -2.12. The van der Waals surface area contributed by atoms with Crippen LogP contribution in [-0.4, -0.2) is 22.4 Å². The van der Waals surface area contributed by atoms with Gasteiger partial charge in [0.1, 0.15) is 5.69 Å². The van der Waals surface area contributed by atoms with E-state index in [4.69, 9.17) is 16.7 Å². The Kier molecular flexibility index (Phi) is 4.33. The Morgan fingerprint density at radius 2 is 2.11 bits per heavy atom. The molecule has 4 nitrogen and oxygen atoms in total. The minimum atomic E-state index is -5.00. The number of aliphatic carboxylic acids is 1. The van der Waals surface area contributed by atoms with Crippen molar-refractivity contribution >= 4 is 17.6 Å². The lowest BCUT2D eigenvalue weighted by atomic mass is 10.2. The van der Waals surface area contributed by atoms with Crippen molar-refractivity contribution in [3.8, 4) is 5.75 Å². The van der Waals surface area contributed by atoms with E-state index in [0.717, 1.165) is 0 Å². The first-order valence-corrected chi connectivity index (χ1v) is 4.98. The van der Waals surface area contributed by atoms with E-state index in [1.165, 1.54) is 0 Å². The fourth-order valence-corrected chi connectivity index (χ4v) is 1.33. The van der Waals surface area contributed by atoms with Gasteiger partial charge in [0.2, 0.25) is 5.95 Å². The van der Waals surface area contributed by atoms with Crippen LogP contribution in [0, 0.1) is 5.95 Å². The molecule has 1 aromatic rings. The monoisotopic (exact) mass is 287 g/mol. The van der Waals surface area contributed by atoms with Crippen LogP contribution in [0.1, 0.15) is 11.3 Å². The zero-order valence-corrected chi connectivity index (χ0v) is 9.35. The van der Waals surface area contributed by atoms with Crippen LogP contribution in [0.3, 0.4) is 0 Å². The number of ether oxygens (including phenoxy) is 1. The first-order chi connectivity index (χ1) is 8.23. The lowest BCUT2D eigenvalue weighted by molar-refractivity contribution is -0.275. The van der Waals surface area contributed by atoms with Crippen molar-refractivity contribution in [2.24, 2.45) is 0 Å². The van der Waals surface area contributed by atoms with Gasteiger partial charge in [-0.05, 0) is 6.07 Å². The molecule has 18 heavy (non-hydrogen) atoms. The summed E-state index contributed by atoms with van der Waals surface area (Å²) in [6.07, 6.45) is -5.81. The second-order valence-corrected chi connectivity index (χ2v) is 3.40. The van der Waals surface area contributed by atoms with Crippen molar-refractivity contribution in [2.45, 2.75) is 18.7 Å². The quantitative estimate of drug-likeness (QED) is 0.525. The van der Waals surface area contributed by atoms with Gasteiger partial charge in [-0.3, -0.25) is 4.79 Å². The molecule has 0 spiro atoms. The van der Waals surface area contributed by atoms with Crippen molar-refractivity contribution in [1.82, 2.24) is 4.98 Å². The van der Waals surface area contributed by atoms with E-state index in [1.807, 2.05) is 0 Å². The van der Waals surface area contributed by atoms with Crippen LogP contribution >= 0.6 is 11.6 Å². The Morgan fingerprint density at radius 3 is 2.56 bits per heavy atom. The molecule has 1 N–H and O–H groups in total. The highest BCUT2D eigenvalue weighted by Gasteiger charge is 2.33. The minimum absolute atomic E-state index is 0.458. The summed E-state index contributed by atoms with van der Waals surface area (Å²) in [5, 5.41) is 8.46. The number of carbonyl (C=O) groups is 1. The van der Waals surface area contributed by atoms with Crippen LogP contribution in [0.15, 0.2) is 6.07 Å². The molecule has 0 saturated heterocycles. The number of halogens is 5. The highest BCUT2D eigenvalue weighted by molar-refractivity contribution is 6.17. The molecule has 0 unspecified atom stereocenters. The molecule has 1 heterocycles. The maximum Gasteiger partial charge on any atom is 0.573 e. The normalized spacial score (nSPS) is 11.4. The summed E-state index contributed by atoms with van der Waals surface area (Å²) in [6, 6.07) is 0.627. The summed E-state index contributed by atoms with van der Waals surface area (Å²) < 4.78 is 53.0. The molecule has 0 amide bonds. The largest absolute Gasteiger partial charge is 0.573 e. The van der Waals surface area contributed by atoms with Crippen molar-refractivity contribution in [1.29, 1.82) is 0 Å². The Morgan fingerprint density at radius 1 is 1.50 bits per heavy atom. The van der Waals surface area contributed by atoms with Crippen LogP contribution in [0.25, 0.3) is 0 Å². The molecule has 100 valence electrons. The molecule has 1 rings (SSSR count). The average Bonchev–Trinajstić information content (AvgIpc) is 2.19. The second-order valence-electron chi connectivity index (χ2n) is 3.14. The summed E-state index contributed by atoms with van der Waals surface area (Å²) in [4.78, 5) is 13.5. The third kappa shape index (κ3) is 4.02. The fourth-order valence-electron chi connectivity index (χ4n) is 1.14. The van der Waals surface area contributed by atoms with Crippen LogP contribution in [-0.2, 0) is 17.1 Å². The van der Waals surface area contributed by atoms with Crippen molar-refractivity contribution in [3.05, 3.63) is 23.3 Å². The maximum absolute atomic E-state index is 13.2. The number of hydrogen-bond donors (Lipinski definition) is 1. The minimum Gasteiger partial charge on any atom is -0.481 e. The zero-order valence-electron chi connectivity index (χ0n) is 8.59. The van der Waals surface area contributed by atoms with Gasteiger partial charge >= 0.3 is 12.3 Å². The van der Waals surface area contributed by atoms with E-state index in [2.05, 4.69) is 9.72 Å². The Labute approximate surface area is 103 Å². The molecule has 0 aliphatic carbocycles. The molecule has 0 aliphatic heterocycles. The first kappa shape index (κ1) is 14.5. The van der Waals surface area contributed by atoms with Crippen molar-refractivity contribution in [3.63, 3.8) is 0 Å². The second kappa shape index (κ2) is 5.38. The van der Waals surface area contributed by atoms with Gasteiger partial charge in [0.15, 0.2) is 5.75 Å². The van der Waals surface area contributed by atoms with Crippen molar-refractivity contribution in [2.75, 3.05) is 0 Å². The van der Waals surface area contributed by atoms with Gasteiger partial charge in [-0.2, -0.15) is 4.39 Å². The summed E-state index contributed by atoms with van der Waals surface area (Å²) in [5.74, 6) is -3.92. The highest BCUT2D eigenvalue weighted by Crippen LogP contribution is 2.28. The Hall–Kier alpha value is -1.57. The maximum atomic E-state index is 13.2. The number of pyridine rings is 1. The molecule has 1 aromatic heterocycles. The predicted molar refractivity (Wildman–Crippen MR) is 51.8 cm³/mol. The predicted octanol–water partition coefficient (Wildman–Crippen LogP) is 2.49. The molecule has 0 fully saturated rings. The third-order valence-electron chi connectivity index (χ3n) is 1.78. The smallest absolute Gasteiger partial charge is 0.481 e. The third-order valence-corrected chi connectivity index (χ3v) is 2.03. The standard InChI is InChI=1S/C9H6ClF4NO3/c10-3-5-6(18-9(12,13)14)1-4(2-7(16)17)8(11)15-5/h1H,2-3H2,(H,16,17). The summed E-state index contributed by atoms with van der Waals surface area (Å²) >= 11 is 5.30. The number of rotatable bonds is 4. The molecule has 0 bridgehead atoms. The number of nitrogens with zero attached hydrogens (tertiary/aromatic N) is 1.